The van der Waals surface area contributed by atoms with Crippen LogP contribution in [0.4, 0.5) is 0 Å². The molecule has 45 heavy (non-hydrogen) atoms. The second-order valence-electron chi connectivity index (χ2n) is 10.5. The average molecular weight is 643 g/mol. The molecule has 0 aliphatic rings. The summed E-state index contributed by atoms with van der Waals surface area (Å²) in [5, 5.41) is 0. The van der Waals surface area contributed by atoms with Gasteiger partial charge < -0.3 is 0 Å². The van der Waals surface area contributed by atoms with Crippen molar-refractivity contribution < 1.29 is 33.6 Å². The zero-order chi connectivity index (χ0) is 36.5. The number of hydrogen-bond acceptors (Lipinski definition) is 7. The van der Waals surface area contributed by atoms with Gasteiger partial charge >= 0.3 is 0 Å². The number of carbonyl (C=O) groups excluding carboxylic acids is 7. The maximum absolute atomic E-state index is 10.6. The van der Waals surface area contributed by atoms with E-state index in [1.807, 2.05) is 55.4 Å². The van der Waals surface area contributed by atoms with Gasteiger partial charge in [0.05, 0.1) is 6.42 Å². The molecule has 0 unspecified atom stereocenters. The van der Waals surface area contributed by atoms with E-state index in [1.165, 1.54) is 0 Å². The molecule has 0 saturated heterocycles. The molecule has 0 saturated carbocycles. The third-order valence-electron chi connectivity index (χ3n) is 6.23. The zero-order valence-corrected chi connectivity index (χ0v) is 31.8. The summed E-state index contributed by atoms with van der Waals surface area (Å²) in [7, 11) is 0. The van der Waals surface area contributed by atoms with Crippen molar-refractivity contribution in [3.63, 3.8) is 0 Å². The first-order valence-corrected chi connectivity index (χ1v) is 17.9. The third-order valence-corrected chi connectivity index (χ3v) is 6.23. The van der Waals surface area contributed by atoms with Crippen LogP contribution in [0.2, 0.25) is 0 Å². The summed E-state index contributed by atoms with van der Waals surface area (Å²) in [6, 6.07) is 0. The molecule has 0 heterocycles. The van der Waals surface area contributed by atoms with E-state index in [4.69, 9.17) is 0 Å². The number of rotatable bonds is 20. The van der Waals surface area contributed by atoms with Gasteiger partial charge in [0, 0.05) is 77.0 Å². The summed E-state index contributed by atoms with van der Waals surface area (Å²) in [5.41, 5.74) is 0. The Labute approximate surface area is 278 Å². The predicted octanol–water partition coefficient (Wildman–Crippen LogP) is 10.6. The number of Topliss-reactive ketones (excluding diaryl/α,β-unsaturated/α-hetero) is 7. The molecule has 7 nitrogen and oxygen atoms in total. The highest BCUT2D eigenvalue weighted by Crippen LogP contribution is 1.97. The molecule has 0 atom stereocenters. The van der Waals surface area contributed by atoms with Crippen molar-refractivity contribution in [3.8, 4) is 0 Å². The van der Waals surface area contributed by atoms with Crippen LogP contribution in [0.5, 0.6) is 0 Å². The standard InChI is InChI=1S/C7H12O2.2C7H14O.2C6H12O.C5H10O/c1-3-6(8)5-7(9)4-2;2*1-3-5-6-7(8)4-2;2*1-3-5-6(7)4-2;1-3-5(6)4-2/h3-5H2,1-2H3;2*3-6H2,1-2H3;2*3-5H2,1-2H3;3-4H2,1-2H3. The second kappa shape index (κ2) is 48.6. The van der Waals surface area contributed by atoms with E-state index in [0.717, 1.165) is 64.2 Å². The van der Waals surface area contributed by atoms with Gasteiger partial charge in [-0.15, -0.1) is 0 Å². The molecule has 268 valence electrons. The minimum atomic E-state index is 0.0434. The van der Waals surface area contributed by atoms with Crippen LogP contribution in [-0.2, 0) is 33.6 Å². The highest BCUT2D eigenvalue weighted by molar-refractivity contribution is 5.98. The van der Waals surface area contributed by atoms with Gasteiger partial charge in [-0.3, -0.25) is 33.6 Å². The van der Waals surface area contributed by atoms with Gasteiger partial charge in [-0.1, -0.05) is 95.9 Å². The lowest BCUT2D eigenvalue weighted by Crippen LogP contribution is -2.04. The summed E-state index contributed by atoms with van der Waals surface area (Å²) in [6.07, 6.45) is 14.8. The first-order chi connectivity index (χ1) is 21.2. The van der Waals surface area contributed by atoms with Gasteiger partial charge in [-0.2, -0.15) is 0 Å². The minimum absolute atomic E-state index is 0.0434. The van der Waals surface area contributed by atoms with E-state index < -0.39 is 0 Å². The molecule has 0 aromatic rings. The maximum atomic E-state index is 10.6. The third kappa shape index (κ3) is 65.4. The largest absolute Gasteiger partial charge is 0.300 e. The SMILES string of the molecule is CCC(=O)CC.CCC(=O)CC(=O)CC.CCCC(=O)CC.CCCC(=O)CC.CCCCC(=O)CC.CCCCC(=O)CC. The summed E-state index contributed by atoms with van der Waals surface area (Å²) in [5.74, 6) is 1.97. The van der Waals surface area contributed by atoms with Crippen LogP contribution in [0.25, 0.3) is 0 Å². The first-order valence-electron chi connectivity index (χ1n) is 17.9. The van der Waals surface area contributed by atoms with Crippen LogP contribution >= 0.6 is 0 Å². The van der Waals surface area contributed by atoms with Gasteiger partial charge in [0.1, 0.15) is 40.5 Å². The summed E-state index contributed by atoms with van der Waals surface area (Å²) < 4.78 is 0. The van der Waals surface area contributed by atoms with Gasteiger partial charge in [0.25, 0.3) is 0 Å². The molecule has 0 aliphatic heterocycles. The monoisotopic (exact) mass is 643 g/mol. The topological polar surface area (TPSA) is 119 Å². The van der Waals surface area contributed by atoms with E-state index >= 15 is 0 Å². The molecule has 0 amide bonds. The van der Waals surface area contributed by atoms with Crippen molar-refractivity contribution in [1.82, 2.24) is 0 Å². The van der Waals surface area contributed by atoms with Crippen LogP contribution < -0.4 is 0 Å². The summed E-state index contributed by atoms with van der Waals surface area (Å²) in [6.45, 7) is 23.2. The molecular weight excluding hydrogens is 568 g/mol. The molecule has 7 heteroatoms. The fraction of sp³-hybridized carbons (Fsp3) is 0.816. The van der Waals surface area contributed by atoms with Crippen LogP contribution in [0.3, 0.4) is 0 Å². The Morgan fingerprint density at radius 2 is 0.489 bits per heavy atom. The van der Waals surface area contributed by atoms with Crippen molar-refractivity contribution >= 4 is 40.5 Å². The van der Waals surface area contributed by atoms with Gasteiger partial charge in [0.15, 0.2) is 0 Å². The summed E-state index contributed by atoms with van der Waals surface area (Å²) >= 11 is 0. The Morgan fingerprint density at radius 3 is 0.622 bits per heavy atom. The van der Waals surface area contributed by atoms with Crippen molar-refractivity contribution in [1.29, 1.82) is 0 Å². The molecule has 0 N–H and O–H groups in total. The van der Waals surface area contributed by atoms with Crippen molar-refractivity contribution in [2.45, 2.75) is 205 Å². The Balaban J connectivity index is -0.000000102. The number of hydrogen-bond donors (Lipinski definition) is 0. The Bertz CT molecular complexity index is 666. The highest BCUT2D eigenvalue weighted by Gasteiger charge is 2.03. The molecule has 0 radical (unpaired) electrons. The van der Waals surface area contributed by atoms with Crippen molar-refractivity contribution in [3.05, 3.63) is 0 Å². The van der Waals surface area contributed by atoms with E-state index in [-0.39, 0.29) is 18.0 Å². The fourth-order valence-electron chi connectivity index (χ4n) is 2.73. The quantitative estimate of drug-likeness (QED) is 0.121. The lowest BCUT2D eigenvalue weighted by molar-refractivity contribution is -0.127. The van der Waals surface area contributed by atoms with Crippen LogP contribution in [-0.4, -0.2) is 40.5 Å². The smallest absolute Gasteiger partial charge is 0.139 e. The fourth-order valence-corrected chi connectivity index (χ4v) is 2.73. The van der Waals surface area contributed by atoms with E-state index in [2.05, 4.69) is 13.8 Å². The second-order valence-corrected chi connectivity index (χ2v) is 10.5. The van der Waals surface area contributed by atoms with Crippen LogP contribution in [0.15, 0.2) is 0 Å². The van der Waals surface area contributed by atoms with Crippen molar-refractivity contribution in [2.75, 3.05) is 0 Å². The Morgan fingerprint density at radius 1 is 0.267 bits per heavy atom. The first kappa shape index (κ1) is 55.1. The van der Waals surface area contributed by atoms with Gasteiger partial charge in [-0.05, 0) is 25.7 Å². The lowest BCUT2D eigenvalue weighted by Gasteiger charge is -1.91. The average Bonchev–Trinajstić information content (AvgIpc) is 3.06. The Kier molecular flexibility index (Phi) is 59.5. The highest BCUT2D eigenvalue weighted by atomic mass is 16.2. The van der Waals surface area contributed by atoms with Gasteiger partial charge in [0.2, 0.25) is 0 Å². The maximum Gasteiger partial charge on any atom is 0.139 e. The molecule has 0 aromatic heterocycles. The lowest BCUT2D eigenvalue weighted by atomic mass is 10.1. The van der Waals surface area contributed by atoms with E-state index in [1.54, 1.807) is 13.8 Å². The number of unbranched alkanes of at least 4 members (excludes halogenated alkanes) is 2. The normalized spacial score (nSPS) is 8.98. The summed E-state index contributed by atoms with van der Waals surface area (Å²) in [4.78, 5) is 73.3. The van der Waals surface area contributed by atoms with Crippen molar-refractivity contribution in [2.24, 2.45) is 0 Å². The molecule has 0 aliphatic carbocycles. The molecule has 0 fully saturated rings. The number of ketones is 7. The van der Waals surface area contributed by atoms with Gasteiger partial charge in [-0.25, -0.2) is 0 Å². The molecule has 0 rings (SSSR count). The zero-order valence-electron chi connectivity index (χ0n) is 31.8. The minimum Gasteiger partial charge on any atom is -0.300 e. The molecule has 0 aromatic carbocycles. The number of carbonyl (C=O) groups is 7. The molecule has 0 bridgehead atoms. The molecule has 0 spiro atoms. The van der Waals surface area contributed by atoms with E-state index in [9.17, 15) is 33.6 Å². The Hall–Kier alpha value is -2.31. The van der Waals surface area contributed by atoms with E-state index in [0.29, 0.717) is 80.3 Å². The predicted molar refractivity (Wildman–Crippen MR) is 191 cm³/mol. The molecular formula is C38H74O7. The van der Waals surface area contributed by atoms with Crippen LogP contribution in [0, 0.1) is 0 Å². The van der Waals surface area contributed by atoms with Crippen LogP contribution in [0.1, 0.15) is 205 Å².